The van der Waals surface area contributed by atoms with E-state index in [1.54, 1.807) is 25.3 Å². The lowest BCUT2D eigenvalue weighted by molar-refractivity contribution is -0.123. The molecule has 2 aromatic rings. The Morgan fingerprint density at radius 1 is 1.10 bits per heavy atom. The lowest BCUT2D eigenvalue weighted by atomic mass is 10.1. The number of methoxy groups -OCH3 is 1. The molecule has 0 atom stereocenters. The molecular formula is C21H19Br2NO4S. The van der Waals surface area contributed by atoms with Crippen LogP contribution in [0.3, 0.4) is 0 Å². The van der Waals surface area contributed by atoms with Gasteiger partial charge in [-0.25, -0.2) is 0 Å². The number of rotatable bonds is 6. The standard InChI is InChI=1S/C21H19Br2NO4S/c1-12(2)24-20(25)19(29-21(24)26)9-14-8-17(27-3)18(10-16(14)23)28-11-13-4-6-15(22)7-5-13/h4-10,12H,11H2,1-3H3/b19-9-. The lowest BCUT2D eigenvalue weighted by Gasteiger charge is -2.16. The number of amides is 2. The van der Waals surface area contributed by atoms with Crippen molar-refractivity contribution >= 4 is 60.8 Å². The third-order valence-corrected chi connectivity index (χ3v) is 6.32. The second kappa shape index (κ2) is 9.36. The van der Waals surface area contributed by atoms with E-state index < -0.39 is 0 Å². The molecular weight excluding hydrogens is 522 g/mol. The van der Waals surface area contributed by atoms with E-state index in [1.165, 1.54) is 4.90 Å². The minimum atomic E-state index is -0.281. The van der Waals surface area contributed by atoms with Crippen molar-refractivity contribution in [1.82, 2.24) is 4.90 Å². The van der Waals surface area contributed by atoms with Crippen LogP contribution < -0.4 is 9.47 Å². The first-order chi connectivity index (χ1) is 13.8. The summed E-state index contributed by atoms with van der Waals surface area (Å²) >= 11 is 7.88. The number of carbonyl (C=O) groups is 2. The average Bonchev–Trinajstić information content (AvgIpc) is 2.96. The third kappa shape index (κ3) is 5.05. The summed E-state index contributed by atoms with van der Waals surface area (Å²) in [5, 5.41) is -0.256. The van der Waals surface area contributed by atoms with Crippen LogP contribution in [0.5, 0.6) is 11.5 Å². The maximum atomic E-state index is 12.5. The molecule has 0 unspecified atom stereocenters. The Morgan fingerprint density at radius 3 is 2.38 bits per heavy atom. The third-order valence-electron chi connectivity index (χ3n) is 4.22. The van der Waals surface area contributed by atoms with Gasteiger partial charge in [0.2, 0.25) is 0 Å². The van der Waals surface area contributed by atoms with E-state index in [2.05, 4.69) is 31.9 Å². The summed E-state index contributed by atoms with van der Waals surface area (Å²) < 4.78 is 13.1. The van der Waals surface area contributed by atoms with Gasteiger partial charge >= 0.3 is 0 Å². The van der Waals surface area contributed by atoms with E-state index in [-0.39, 0.29) is 17.2 Å². The molecule has 0 saturated carbocycles. The van der Waals surface area contributed by atoms with E-state index in [0.717, 1.165) is 31.8 Å². The average molecular weight is 541 g/mol. The fraction of sp³-hybridized carbons (Fsp3) is 0.238. The molecule has 1 fully saturated rings. The molecule has 2 aromatic carbocycles. The quantitative estimate of drug-likeness (QED) is 0.406. The van der Waals surface area contributed by atoms with Crippen molar-refractivity contribution in [2.45, 2.75) is 26.5 Å². The Morgan fingerprint density at radius 2 is 1.79 bits per heavy atom. The van der Waals surface area contributed by atoms with Gasteiger partial charge in [-0.3, -0.25) is 14.5 Å². The van der Waals surface area contributed by atoms with Gasteiger partial charge in [-0.05, 0) is 67.1 Å². The van der Waals surface area contributed by atoms with Crippen LogP contribution in [0.4, 0.5) is 4.79 Å². The van der Waals surface area contributed by atoms with Gasteiger partial charge in [0, 0.05) is 15.0 Å². The highest BCUT2D eigenvalue weighted by atomic mass is 79.9. The summed E-state index contributed by atoms with van der Waals surface area (Å²) in [7, 11) is 1.56. The van der Waals surface area contributed by atoms with Gasteiger partial charge in [0.05, 0.1) is 12.0 Å². The molecule has 1 aliphatic rings. The SMILES string of the molecule is COc1cc(/C=C2\SC(=O)N(C(C)C)C2=O)c(Br)cc1OCc1ccc(Br)cc1. The molecule has 5 nitrogen and oxygen atoms in total. The second-order valence-corrected chi connectivity index (χ2v) is 9.35. The zero-order valence-corrected chi connectivity index (χ0v) is 20.1. The van der Waals surface area contributed by atoms with Gasteiger partial charge in [-0.2, -0.15) is 0 Å². The smallest absolute Gasteiger partial charge is 0.293 e. The predicted molar refractivity (Wildman–Crippen MR) is 122 cm³/mol. The largest absolute Gasteiger partial charge is 0.493 e. The van der Waals surface area contributed by atoms with Crippen molar-refractivity contribution in [1.29, 1.82) is 0 Å². The second-order valence-electron chi connectivity index (χ2n) is 6.59. The summed E-state index contributed by atoms with van der Waals surface area (Å²) in [5.41, 5.74) is 1.75. The Bertz CT molecular complexity index is 973. The molecule has 1 heterocycles. The number of imide groups is 1. The minimum absolute atomic E-state index is 0.180. The Labute approximate surface area is 190 Å². The Kier molecular flexibility index (Phi) is 7.08. The monoisotopic (exact) mass is 539 g/mol. The van der Waals surface area contributed by atoms with Crippen molar-refractivity contribution in [3.05, 3.63) is 61.4 Å². The molecule has 0 spiro atoms. The molecule has 8 heteroatoms. The lowest BCUT2D eigenvalue weighted by Crippen LogP contribution is -2.34. The number of hydrogen-bond acceptors (Lipinski definition) is 5. The molecule has 0 radical (unpaired) electrons. The summed E-state index contributed by atoms with van der Waals surface area (Å²) in [6.07, 6.45) is 1.69. The van der Waals surface area contributed by atoms with Crippen LogP contribution >= 0.6 is 43.6 Å². The van der Waals surface area contributed by atoms with E-state index >= 15 is 0 Å². The normalized spacial score (nSPS) is 15.5. The van der Waals surface area contributed by atoms with Gasteiger partial charge in [-0.15, -0.1) is 0 Å². The summed E-state index contributed by atoms with van der Waals surface area (Å²) in [6.45, 7) is 4.02. The number of hydrogen-bond donors (Lipinski definition) is 0. The molecule has 29 heavy (non-hydrogen) atoms. The highest BCUT2D eigenvalue weighted by Gasteiger charge is 2.36. The number of benzene rings is 2. The van der Waals surface area contributed by atoms with Crippen molar-refractivity contribution in [2.24, 2.45) is 0 Å². The Balaban J connectivity index is 1.84. The van der Waals surface area contributed by atoms with Crippen LogP contribution in [0.1, 0.15) is 25.0 Å². The van der Waals surface area contributed by atoms with Gasteiger partial charge in [-0.1, -0.05) is 44.0 Å². The molecule has 2 amide bonds. The van der Waals surface area contributed by atoms with Crippen LogP contribution in [0, 0.1) is 0 Å². The molecule has 0 N–H and O–H groups in total. The van der Waals surface area contributed by atoms with E-state index in [4.69, 9.17) is 9.47 Å². The van der Waals surface area contributed by atoms with Crippen molar-refractivity contribution in [2.75, 3.05) is 7.11 Å². The number of nitrogens with zero attached hydrogens (tertiary/aromatic N) is 1. The first-order valence-corrected chi connectivity index (χ1v) is 11.2. The molecule has 152 valence electrons. The van der Waals surface area contributed by atoms with Crippen molar-refractivity contribution < 1.29 is 19.1 Å². The number of carbonyl (C=O) groups excluding carboxylic acids is 2. The van der Waals surface area contributed by atoms with Crippen LogP contribution in [0.15, 0.2) is 50.2 Å². The van der Waals surface area contributed by atoms with Gasteiger partial charge in [0.25, 0.3) is 11.1 Å². The molecule has 0 aliphatic carbocycles. The summed E-state index contributed by atoms with van der Waals surface area (Å²) in [5.74, 6) is 0.839. The van der Waals surface area contributed by atoms with Crippen LogP contribution in [-0.4, -0.2) is 29.2 Å². The van der Waals surface area contributed by atoms with Gasteiger partial charge in [0.15, 0.2) is 11.5 Å². The predicted octanol–water partition coefficient (Wildman–Crippen LogP) is 6.24. The van der Waals surface area contributed by atoms with Gasteiger partial charge in [0.1, 0.15) is 6.61 Å². The van der Waals surface area contributed by atoms with Crippen LogP contribution in [-0.2, 0) is 11.4 Å². The molecule has 3 rings (SSSR count). The fourth-order valence-electron chi connectivity index (χ4n) is 2.74. The zero-order valence-electron chi connectivity index (χ0n) is 16.1. The highest BCUT2D eigenvalue weighted by molar-refractivity contribution is 9.10. The van der Waals surface area contributed by atoms with Crippen LogP contribution in [0.25, 0.3) is 6.08 Å². The van der Waals surface area contributed by atoms with E-state index in [0.29, 0.717) is 23.0 Å². The minimum Gasteiger partial charge on any atom is -0.493 e. The highest BCUT2D eigenvalue weighted by Crippen LogP contribution is 2.38. The fourth-order valence-corrected chi connectivity index (χ4v) is 4.39. The maximum absolute atomic E-state index is 12.5. The van der Waals surface area contributed by atoms with E-state index in [9.17, 15) is 9.59 Å². The van der Waals surface area contributed by atoms with E-state index in [1.807, 2.05) is 38.1 Å². The summed E-state index contributed by atoms with van der Waals surface area (Å²) in [6, 6.07) is 11.3. The number of halogens is 2. The topological polar surface area (TPSA) is 55.8 Å². The van der Waals surface area contributed by atoms with Crippen molar-refractivity contribution in [3.8, 4) is 11.5 Å². The van der Waals surface area contributed by atoms with Crippen molar-refractivity contribution in [3.63, 3.8) is 0 Å². The Hall–Kier alpha value is -1.77. The summed E-state index contributed by atoms with van der Waals surface area (Å²) in [4.78, 5) is 26.3. The maximum Gasteiger partial charge on any atom is 0.293 e. The molecule has 1 aliphatic heterocycles. The first-order valence-electron chi connectivity index (χ1n) is 8.82. The number of thioether (sulfide) groups is 1. The van der Waals surface area contributed by atoms with Crippen LogP contribution in [0.2, 0.25) is 0 Å². The number of ether oxygens (including phenoxy) is 2. The molecule has 0 bridgehead atoms. The first kappa shape index (κ1) is 21.9. The molecule has 1 saturated heterocycles. The molecule has 0 aromatic heterocycles. The zero-order chi connectivity index (χ0) is 21.1. The van der Waals surface area contributed by atoms with Gasteiger partial charge < -0.3 is 9.47 Å².